The van der Waals surface area contributed by atoms with Gasteiger partial charge in [0.1, 0.15) is 11.9 Å². The lowest BCUT2D eigenvalue weighted by Crippen LogP contribution is -2.28. The van der Waals surface area contributed by atoms with Crippen molar-refractivity contribution in [2.24, 2.45) is 0 Å². The standard InChI is InChI=1S/C16H23NO2/c1-4-13(10-14-5-2-8-17-14)11-15(6-1)19-16-7-3-9-18-12-16/h1,4,6,11,14,16-17H,2-3,5,7-10,12H2. The fourth-order valence-corrected chi connectivity index (χ4v) is 2.96. The molecule has 1 N–H and O–H groups in total. The van der Waals surface area contributed by atoms with Crippen molar-refractivity contribution in [1.82, 2.24) is 5.32 Å². The van der Waals surface area contributed by atoms with Crippen molar-refractivity contribution in [3.05, 3.63) is 29.8 Å². The summed E-state index contributed by atoms with van der Waals surface area (Å²) < 4.78 is 11.5. The van der Waals surface area contributed by atoms with E-state index in [0.717, 1.165) is 38.2 Å². The van der Waals surface area contributed by atoms with Crippen LogP contribution in [0.4, 0.5) is 0 Å². The molecule has 1 aromatic carbocycles. The molecule has 0 aromatic heterocycles. The molecule has 2 unspecified atom stereocenters. The molecule has 0 amide bonds. The van der Waals surface area contributed by atoms with Crippen LogP contribution >= 0.6 is 0 Å². The molecule has 2 fully saturated rings. The Kier molecular flexibility index (Phi) is 4.36. The monoisotopic (exact) mass is 261 g/mol. The zero-order chi connectivity index (χ0) is 12.9. The summed E-state index contributed by atoms with van der Waals surface area (Å²) in [7, 11) is 0. The van der Waals surface area contributed by atoms with Crippen LogP contribution in [0.3, 0.4) is 0 Å². The summed E-state index contributed by atoms with van der Waals surface area (Å²) in [6.07, 6.45) is 6.15. The molecule has 0 spiro atoms. The van der Waals surface area contributed by atoms with Crippen LogP contribution in [0, 0.1) is 0 Å². The fraction of sp³-hybridized carbons (Fsp3) is 0.625. The summed E-state index contributed by atoms with van der Waals surface area (Å²) in [5.41, 5.74) is 1.37. The molecule has 19 heavy (non-hydrogen) atoms. The van der Waals surface area contributed by atoms with Gasteiger partial charge in [-0.05, 0) is 56.3 Å². The average molecular weight is 261 g/mol. The van der Waals surface area contributed by atoms with Crippen LogP contribution in [0.2, 0.25) is 0 Å². The lowest BCUT2D eigenvalue weighted by Gasteiger charge is -2.23. The van der Waals surface area contributed by atoms with Crippen LogP contribution in [-0.2, 0) is 11.2 Å². The van der Waals surface area contributed by atoms with E-state index in [0.29, 0.717) is 6.04 Å². The summed E-state index contributed by atoms with van der Waals surface area (Å²) in [5.74, 6) is 0.992. The van der Waals surface area contributed by atoms with Gasteiger partial charge in [0.2, 0.25) is 0 Å². The Bertz CT molecular complexity index is 395. The first-order valence-corrected chi connectivity index (χ1v) is 7.47. The molecule has 0 saturated carbocycles. The Hall–Kier alpha value is -1.06. The highest BCUT2D eigenvalue weighted by Gasteiger charge is 2.17. The maximum Gasteiger partial charge on any atom is 0.122 e. The molecule has 1 aromatic rings. The fourth-order valence-electron chi connectivity index (χ4n) is 2.96. The van der Waals surface area contributed by atoms with Crippen molar-refractivity contribution >= 4 is 0 Å². The minimum absolute atomic E-state index is 0.230. The number of benzene rings is 1. The van der Waals surface area contributed by atoms with E-state index in [2.05, 4.69) is 29.6 Å². The van der Waals surface area contributed by atoms with Crippen molar-refractivity contribution in [3.8, 4) is 5.75 Å². The van der Waals surface area contributed by atoms with Crippen molar-refractivity contribution in [2.45, 2.75) is 44.2 Å². The number of rotatable bonds is 4. The van der Waals surface area contributed by atoms with Crippen molar-refractivity contribution in [2.75, 3.05) is 19.8 Å². The molecule has 2 aliphatic rings. The third kappa shape index (κ3) is 3.71. The number of nitrogens with one attached hydrogen (secondary N) is 1. The van der Waals surface area contributed by atoms with Gasteiger partial charge in [-0.2, -0.15) is 0 Å². The van der Waals surface area contributed by atoms with Gasteiger partial charge in [0.25, 0.3) is 0 Å². The smallest absolute Gasteiger partial charge is 0.122 e. The molecule has 3 nitrogen and oxygen atoms in total. The lowest BCUT2D eigenvalue weighted by atomic mass is 10.0. The maximum absolute atomic E-state index is 6.02. The van der Waals surface area contributed by atoms with Crippen molar-refractivity contribution < 1.29 is 9.47 Å². The maximum atomic E-state index is 6.02. The van der Waals surface area contributed by atoms with E-state index < -0.39 is 0 Å². The van der Waals surface area contributed by atoms with Crippen LogP contribution in [0.1, 0.15) is 31.2 Å². The predicted octanol–water partition coefficient (Wildman–Crippen LogP) is 2.54. The Labute approximate surface area is 115 Å². The average Bonchev–Trinajstić information content (AvgIpc) is 2.93. The molecule has 2 saturated heterocycles. The Morgan fingerprint density at radius 1 is 1.26 bits per heavy atom. The third-order valence-electron chi connectivity index (χ3n) is 3.96. The van der Waals surface area contributed by atoms with Crippen LogP contribution in [0.25, 0.3) is 0 Å². The number of ether oxygens (including phenoxy) is 2. The Morgan fingerprint density at radius 3 is 3.05 bits per heavy atom. The Balaban J connectivity index is 1.58. The predicted molar refractivity (Wildman–Crippen MR) is 75.6 cm³/mol. The Morgan fingerprint density at radius 2 is 2.26 bits per heavy atom. The normalized spacial score (nSPS) is 27.4. The van der Waals surface area contributed by atoms with E-state index in [4.69, 9.17) is 9.47 Å². The van der Waals surface area contributed by atoms with Gasteiger partial charge in [-0.15, -0.1) is 0 Å². The zero-order valence-corrected chi connectivity index (χ0v) is 11.4. The number of hydrogen-bond donors (Lipinski definition) is 1. The minimum Gasteiger partial charge on any atom is -0.488 e. The lowest BCUT2D eigenvalue weighted by molar-refractivity contribution is 0.00740. The number of hydrogen-bond acceptors (Lipinski definition) is 3. The molecular weight excluding hydrogens is 238 g/mol. The van der Waals surface area contributed by atoms with E-state index in [1.54, 1.807) is 0 Å². The van der Waals surface area contributed by atoms with Gasteiger partial charge < -0.3 is 14.8 Å². The topological polar surface area (TPSA) is 30.5 Å². The van der Waals surface area contributed by atoms with E-state index in [-0.39, 0.29) is 6.10 Å². The van der Waals surface area contributed by atoms with Crippen molar-refractivity contribution in [3.63, 3.8) is 0 Å². The largest absolute Gasteiger partial charge is 0.488 e. The first kappa shape index (κ1) is 12.9. The van der Waals surface area contributed by atoms with E-state index in [1.165, 1.54) is 24.9 Å². The molecule has 0 aliphatic carbocycles. The van der Waals surface area contributed by atoms with Gasteiger partial charge in [0.15, 0.2) is 0 Å². The van der Waals surface area contributed by atoms with E-state index >= 15 is 0 Å². The first-order valence-electron chi connectivity index (χ1n) is 7.47. The van der Waals surface area contributed by atoms with Gasteiger partial charge in [0, 0.05) is 12.6 Å². The summed E-state index contributed by atoms with van der Waals surface area (Å²) >= 11 is 0. The molecule has 0 radical (unpaired) electrons. The summed E-state index contributed by atoms with van der Waals surface area (Å²) in [6.45, 7) is 2.78. The van der Waals surface area contributed by atoms with E-state index in [9.17, 15) is 0 Å². The highest BCUT2D eigenvalue weighted by molar-refractivity contribution is 5.29. The molecule has 2 aliphatic heterocycles. The highest BCUT2D eigenvalue weighted by atomic mass is 16.5. The first-order chi connectivity index (χ1) is 9.40. The van der Waals surface area contributed by atoms with Crippen molar-refractivity contribution in [1.29, 1.82) is 0 Å². The van der Waals surface area contributed by atoms with Crippen LogP contribution < -0.4 is 10.1 Å². The second-order valence-electron chi connectivity index (χ2n) is 5.60. The molecule has 3 rings (SSSR count). The van der Waals surface area contributed by atoms with Gasteiger partial charge >= 0.3 is 0 Å². The molecular formula is C16H23NO2. The SMILES string of the molecule is c1cc(CC2CCCN2)cc(OC2CCCOC2)c1. The molecule has 104 valence electrons. The quantitative estimate of drug-likeness (QED) is 0.903. The van der Waals surface area contributed by atoms with Gasteiger partial charge in [-0.1, -0.05) is 12.1 Å². The van der Waals surface area contributed by atoms with Gasteiger partial charge in [-0.25, -0.2) is 0 Å². The second-order valence-corrected chi connectivity index (χ2v) is 5.60. The summed E-state index contributed by atoms with van der Waals surface area (Å²) in [6, 6.07) is 9.19. The van der Waals surface area contributed by atoms with E-state index in [1.807, 2.05) is 0 Å². The summed E-state index contributed by atoms with van der Waals surface area (Å²) in [4.78, 5) is 0. The van der Waals surface area contributed by atoms with Gasteiger partial charge in [-0.3, -0.25) is 0 Å². The zero-order valence-electron chi connectivity index (χ0n) is 11.4. The van der Waals surface area contributed by atoms with Gasteiger partial charge in [0.05, 0.1) is 6.61 Å². The van der Waals surface area contributed by atoms with Crippen LogP contribution in [-0.4, -0.2) is 31.9 Å². The summed E-state index contributed by atoms with van der Waals surface area (Å²) in [5, 5.41) is 3.55. The van der Waals surface area contributed by atoms with Crippen LogP contribution in [0.5, 0.6) is 5.75 Å². The molecule has 3 heteroatoms. The van der Waals surface area contributed by atoms with Crippen LogP contribution in [0.15, 0.2) is 24.3 Å². The molecule has 2 atom stereocenters. The third-order valence-corrected chi connectivity index (χ3v) is 3.96. The molecule has 2 heterocycles. The second kappa shape index (κ2) is 6.40. The minimum atomic E-state index is 0.230. The highest BCUT2D eigenvalue weighted by Crippen LogP contribution is 2.20. The molecule has 0 bridgehead atoms.